The maximum atomic E-state index is 5.96. The Labute approximate surface area is 189 Å². The molecule has 1 aliphatic heterocycles. The van der Waals surface area contributed by atoms with Crippen LogP contribution in [-0.4, -0.2) is 61.0 Å². The Bertz CT molecular complexity index is 832. The first-order valence-corrected chi connectivity index (χ1v) is 9.84. The van der Waals surface area contributed by atoms with Crippen molar-refractivity contribution < 1.29 is 9.47 Å². The van der Waals surface area contributed by atoms with Crippen molar-refractivity contribution in [2.45, 2.75) is 24.4 Å². The van der Waals surface area contributed by atoms with Crippen LogP contribution < -0.4 is 10.1 Å². The molecule has 29 heavy (non-hydrogen) atoms. The van der Waals surface area contributed by atoms with E-state index in [0.717, 1.165) is 36.9 Å². The van der Waals surface area contributed by atoms with Gasteiger partial charge in [0.1, 0.15) is 11.9 Å². The van der Waals surface area contributed by atoms with Crippen LogP contribution >= 0.6 is 24.0 Å². The zero-order chi connectivity index (χ0) is 19.6. The quantitative estimate of drug-likeness (QED) is 0.380. The third-order valence-corrected chi connectivity index (χ3v) is 5.82. The van der Waals surface area contributed by atoms with E-state index in [-0.39, 0.29) is 35.5 Å². The maximum absolute atomic E-state index is 5.96. The van der Waals surface area contributed by atoms with Gasteiger partial charge in [0.2, 0.25) is 0 Å². The molecule has 7 nitrogen and oxygen atoms in total. The average molecular weight is 511 g/mol. The number of aliphatic imine (C=N–C) groups is 1. The molecule has 1 aromatic carbocycles. The summed E-state index contributed by atoms with van der Waals surface area (Å²) in [7, 11) is 5.48. The van der Waals surface area contributed by atoms with E-state index in [1.54, 1.807) is 7.11 Å². The number of morpholine rings is 1. The SMILES string of the molecule is CN=C(NCC1(c2ccc(OC)cc2)CC1)N1CCOC(c2cnn(C)c2)C1.I. The van der Waals surface area contributed by atoms with E-state index >= 15 is 0 Å². The van der Waals surface area contributed by atoms with Crippen LogP contribution in [0, 0.1) is 0 Å². The molecule has 0 spiro atoms. The fourth-order valence-electron chi connectivity index (χ4n) is 3.89. The van der Waals surface area contributed by atoms with E-state index in [4.69, 9.17) is 9.47 Å². The predicted molar refractivity (Wildman–Crippen MR) is 124 cm³/mol. The Balaban J connectivity index is 0.00000240. The van der Waals surface area contributed by atoms with Crippen molar-refractivity contribution in [2.75, 3.05) is 40.4 Å². The number of halogens is 1. The second kappa shape index (κ2) is 9.34. The molecule has 0 radical (unpaired) electrons. The highest BCUT2D eigenvalue weighted by Gasteiger charge is 2.44. The number of aromatic nitrogens is 2. The molecule has 1 unspecified atom stereocenters. The molecule has 1 saturated heterocycles. The van der Waals surface area contributed by atoms with Gasteiger partial charge in [-0.05, 0) is 30.5 Å². The Kier molecular flexibility index (Phi) is 7.05. The van der Waals surface area contributed by atoms with Gasteiger partial charge in [-0.3, -0.25) is 9.67 Å². The highest BCUT2D eigenvalue weighted by atomic mass is 127. The first-order valence-electron chi connectivity index (χ1n) is 9.84. The van der Waals surface area contributed by atoms with Crippen LogP contribution in [0.25, 0.3) is 0 Å². The number of nitrogens with one attached hydrogen (secondary N) is 1. The lowest BCUT2D eigenvalue weighted by atomic mass is 9.96. The topological polar surface area (TPSA) is 63.9 Å². The summed E-state index contributed by atoms with van der Waals surface area (Å²) in [4.78, 5) is 6.82. The van der Waals surface area contributed by atoms with Gasteiger partial charge >= 0.3 is 0 Å². The number of hydrogen-bond donors (Lipinski definition) is 1. The number of hydrogen-bond acceptors (Lipinski definition) is 4. The second-order valence-electron chi connectivity index (χ2n) is 7.66. The molecule has 2 aliphatic rings. The normalized spacial score (nSPS) is 20.7. The zero-order valence-electron chi connectivity index (χ0n) is 17.3. The molecule has 0 bridgehead atoms. The molecule has 8 heteroatoms. The first kappa shape index (κ1) is 21.9. The minimum atomic E-state index is 0. The number of nitrogens with zero attached hydrogens (tertiary/aromatic N) is 4. The molecule has 1 aromatic heterocycles. The summed E-state index contributed by atoms with van der Waals surface area (Å²) in [6.07, 6.45) is 6.33. The van der Waals surface area contributed by atoms with Crippen molar-refractivity contribution >= 4 is 29.9 Å². The molecule has 1 atom stereocenters. The molecule has 158 valence electrons. The molecule has 1 saturated carbocycles. The first-order chi connectivity index (χ1) is 13.6. The number of aryl methyl sites for hydroxylation is 1. The molecular weight excluding hydrogens is 481 g/mol. The van der Waals surface area contributed by atoms with E-state index in [1.165, 1.54) is 18.4 Å². The highest BCUT2D eigenvalue weighted by Crippen LogP contribution is 2.47. The fraction of sp³-hybridized carbons (Fsp3) is 0.524. The molecule has 2 aromatic rings. The third kappa shape index (κ3) is 4.85. The Morgan fingerprint density at radius 3 is 2.69 bits per heavy atom. The molecule has 4 rings (SSSR count). The van der Waals surface area contributed by atoms with Gasteiger partial charge in [-0.2, -0.15) is 5.10 Å². The van der Waals surface area contributed by atoms with Crippen molar-refractivity contribution in [1.29, 1.82) is 0 Å². The lowest BCUT2D eigenvalue weighted by Gasteiger charge is -2.35. The summed E-state index contributed by atoms with van der Waals surface area (Å²) in [5, 5.41) is 7.88. The molecule has 2 heterocycles. The Morgan fingerprint density at radius 2 is 2.10 bits per heavy atom. The minimum Gasteiger partial charge on any atom is -0.497 e. The predicted octanol–water partition coefficient (Wildman–Crippen LogP) is 2.73. The van der Waals surface area contributed by atoms with Gasteiger partial charge in [-0.15, -0.1) is 24.0 Å². The lowest BCUT2D eigenvalue weighted by Crippen LogP contribution is -2.49. The van der Waals surface area contributed by atoms with Gasteiger partial charge in [0.15, 0.2) is 5.96 Å². The molecule has 1 N–H and O–H groups in total. The Hall–Kier alpha value is -1.81. The Morgan fingerprint density at radius 1 is 1.34 bits per heavy atom. The van der Waals surface area contributed by atoms with Gasteiger partial charge in [-0.25, -0.2) is 0 Å². The number of methoxy groups -OCH3 is 1. The molecule has 1 aliphatic carbocycles. The van der Waals surface area contributed by atoms with Crippen molar-refractivity contribution in [2.24, 2.45) is 12.0 Å². The number of rotatable bonds is 5. The number of ether oxygens (including phenoxy) is 2. The van der Waals surface area contributed by atoms with Crippen molar-refractivity contribution in [3.63, 3.8) is 0 Å². The van der Waals surface area contributed by atoms with Crippen LogP contribution in [0.5, 0.6) is 5.75 Å². The fourth-order valence-corrected chi connectivity index (χ4v) is 3.89. The number of benzene rings is 1. The third-order valence-electron chi connectivity index (χ3n) is 5.82. The van der Waals surface area contributed by atoms with Crippen LogP contribution in [0.1, 0.15) is 30.1 Å². The van der Waals surface area contributed by atoms with E-state index < -0.39 is 0 Å². The summed E-state index contributed by atoms with van der Waals surface area (Å²) in [5.74, 6) is 1.84. The summed E-state index contributed by atoms with van der Waals surface area (Å²) in [6.45, 7) is 3.19. The van der Waals surface area contributed by atoms with Gasteiger partial charge in [0, 0.05) is 44.4 Å². The lowest BCUT2D eigenvalue weighted by molar-refractivity contribution is -0.00805. The van der Waals surface area contributed by atoms with E-state index in [0.29, 0.717) is 6.61 Å². The van der Waals surface area contributed by atoms with Crippen LogP contribution in [0.2, 0.25) is 0 Å². The second-order valence-corrected chi connectivity index (χ2v) is 7.66. The van der Waals surface area contributed by atoms with Crippen molar-refractivity contribution in [1.82, 2.24) is 20.0 Å². The smallest absolute Gasteiger partial charge is 0.193 e. The monoisotopic (exact) mass is 511 g/mol. The molecular formula is C21H30IN5O2. The zero-order valence-corrected chi connectivity index (χ0v) is 19.6. The summed E-state index contributed by atoms with van der Waals surface area (Å²) in [6, 6.07) is 8.46. The van der Waals surface area contributed by atoms with Gasteiger partial charge in [0.25, 0.3) is 0 Å². The molecule has 2 fully saturated rings. The van der Waals surface area contributed by atoms with Crippen LogP contribution in [0.15, 0.2) is 41.7 Å². The van der Waals surface area contributed by atoms with Crippen LogP contribution in [0.3, 0.4) is 0 Å². The van der Waals surface area contributed by atoms with Gasteiger partial charge in [0.05, 0.1) is 26.5 Å². The average Bonchev–Trinajstić information content (AvgIpc) is 3.41. The van der Waals surface area contributed by atoms with Gasteiger partial charge < -0.3 is 19.7 Å². The number of guanidine groups is 1. The minimum absolute atomic E-state index is 0. The van der Waals surface area contributed by atoms with Crippen LogP contribution in [-0.2, 0) is 17.2 Å². The summed E-state index contributed by atoms with van der Waals surface area (Å²) < 4.78 is 13.1. The summed E-state index contributed by atoms with van der Waals surface area (Å²) in [5.41, 5.74) is 2.68. The standard InChI is InChI=1S/C21H29N5O2.HI/c1-22-20(26-10-11-28-19(14-26)16-12-24-25(2)13-16)23-15-21(8-9-21)17-4-6-18(27-3)7-5-17;/h4-7,12-13,19H,8-11,14-15H2,1-3H3,(H,22,23);1H. The van der Waals surface area contributed by atoms with Crippen molar-refractivity contribution in [3.05, 3.63) is 47.8 Å². The highest BCUT2D eigenvalue weighted by molar-refractivity contribution is 14.0. The largest absolute Gasteiger partial charge is 0.497 e. The van der Waals surface area contributed by atoms with Gasteiger partial charge in [-0.1, -0.05) is 12.1 Å². The van der Waals surface area contributed by atoms with Crippen molar-refractivity contribution in [3.8, 4) is 5.75 Å². The summed E-state index contributed by atoms with van der Waals surface area (Å²) >= 11 is 0. The molecule has 0 amide bonds. The maximum Gasteiger partial charge on any atom is 0.193 e. The van der Waals surface area contributed by atoms with Crippen LogP contribution in [0.4, 0.5) is 0 Å². The van der Waals surface area contributed by atoms with E-state index in [1.807, 2.05) is 43.3 Å². The van der Waals surface area contributed by atoms with E-state index in [9.17, 15) is 0 Å². The van der Waals surface area contributed by atoms with E-state index in [2.05, 4.69) is 32.4 Å².